The van der Waals surface area contributed by atoms with Crippen LogP contribution in [0, 0.1) is 6.92 Å². The zero-order chi connectivity index (χ0) is 19.2. The Bertz CT molecular complexity index is 894. The second-order valence-electron chi connectivity index (χ2n) is 5.67. The number of amides is 1. The van der Waals surface area contributed by atoms with Gasteiger partial charge in [-0.15, -0.1) is 10.2 Å². The smallest absolute Gasteiger partial charge is 0.277 e. The van der Waals surface area contributed by atoms with Crippen LogP contribution in [0.1, 0.15) is 5.76 Å². The largest absolute Gasteiger partial charge is 0.492 e. The van der Waals surface area contributed by atoms with Crippen molar-refractivity contribution >= 4 is 29.3 Å². The Labute approximate surface area is 165 Å². The summed E-state index contributed by atoms with van der Waals surface area (Å²) in [6, 6.07) is 8.85. The molecule has 7 nitrogen and oxygen atoms in total. The van der Waals surface area contributed by atoms with E-state index in [0.29, 0.717) is 40.8 Å². The third-order valence-corrected chi connectivity index (χ3v) is 4.80. The van der Waals surface area contributed by atoms with Crippen molar-refractivity contribution in [1.82, 2.24) is 15.1 Å². The van der Waals surface area contributed by atoms with Crippen molar-refractivity contribution in [2.24, 2.45) is 0 Å². The number of likely N-dealkylation sites (N-methyl/N-ethyl adjacent to an activating group) is 1. The predicted molar refractivity (Wildman–Crippen MR) is 102 cm³/mol. The number of carbonyl (C=O) groups excluding carboxylic acids is 1. The van der Waals surface area contributed by atoms with Crippen LogP contribution >= 0.6 is 23.4 Å². The van der Waals surface area contributed by atoms with Gasteiger partial charge in [0, 0.05) is 12.1 Å². The van der Waals surface area contributed by atoms with Crippen LogP contribution in [0.4, 0.5) is 0 Å². The third-order valence-electron chi connectivity index (χ3n) is 3.75. The SMILES string of the molecule is Cc1occc1-c1nnc(SCC(=O)N(C)CCOc2ccc(Cl)cc2)o1. The molecule has 1 amide bonds. The summed E-state index contributed by atoms with van der Waals surface area (Å²) in [6.45, 7) is 2.67. The fraction of sp³-hybridized carbons (Fsp3) is 0.278. The van der Waals surface area contributed by atoms with E-state index >= 15 is 0 Å². The molecule has 1 aromatic carbocycles. The van der Waals surface area contributed by atoms with Crippen LogP contribution in [0.5, 0.6) is 5.75 Å². The summed E-state index contributed by atoms with van der Waals surface area (Å²) in [5.74, 6) is 1.93. The van der Waals surface area contributed by atoms with Gasteiger partial charge in [0.1, 0.15) is 18.1 Å². The fourth-order valence-corrected chi connectivity index (χ4v) is 3.00. The molecule has 0 saturated carbocycles. The van der Waals surface area contributed by atoms with Gasteiger partial charge >= 0.3 is 0 Å². The molecule has 0 N–H and O–H groups in total. The maximum atomic E-state index is 12.2. The second-order valence-corrected chi connectivity index (χ2v) is 7.03. The van der Waals surface area contributed by atoms with Crippen LogP contribution in [0.2, 0.25) is 5.02 Å². The van der Waals surface area contributed by atoms with Crippen LogP contribution < -0.4 is 4.74 Å². The van der Waals surface area contributed by atoms with E-state index in [1.165, 1.54) is 11.8 Å². The van der Waals surface area contributed by atoms with Crippen LogP contribution in [0.25, 0.3) is 11.5 Å². The van der Waals surface area contributed by atoms with Crippen molar-refractivity contribution < 1.29 is 18.4 Å². The molecule has 142 valence electrons. The predicted octanol–water partition coefficient (Wildman–Crippen LogP) is 3.92. The number of benzene rings is 1. The molecule has 0 atom stereocenters. The molecule has 0 fully saturated rings. The van der Waals surface area contributed by atoms with E-state index in [-0.39, 0.29) is 11.7 Å². The normalized spacial score (nSPS) is 10.8. The van der Waals surface area contributed by atoms with Gasteiger partial charge in [0.25, 0.3) is 11.1 Å². The maximum Gasteiger partial charge on any atom is 0.277 e. The Balaban J connectivity index is 1.43. The van der Waals surface area contributed by atoms with Crippen molar-refractivity contribution in [3.05, 3.63) is 47.4 Å². The standard InChI is InChI=1S/C18H18ClN3O4S/c1-12-15(7-9-24-12)17-20-21-18(26-17)27-11-16(23)22(2)8-10-25-14-5-3-13(19)4-6-14/h3-7,9H,8,10-11H2,1-2H3. The third kappa shape index (κ3) is 5.27. The molecule has 0 aliphatic carbocycles. The molecule has 2 aromatic heterocycles. The molecule has 9 heteroatoms. The van der Waals surface area contributed by atoms with Gasteiger partial charge in [-0.05, 0) is 37.3 Å². The molecule has 0 radical (unpaired) electrons. The summed E-state index contributed by atoms with van der Waals surface area (Å²) >= 11 is 7.02. The van der Waals surface area contributed by atoms with Gasteiger partial charge in [-0.3, -0.25) is 4.79 Å². The number of furan rings is 1. The number of carbonyl (C=O) groups is 1. The fourth-order valence-electron chi connectivity index (χ4n) is 2.17. The lowest BCUT2D eigenvalue weighted by atomic mass is 10.3. The van der Waals surface area contributed by atoms with Crippen molar-refractivity contribution in [1.29, 1.82) is 0 Å². The van der Waals surface area contributed by atoms with Crippen LogP contribution in [-0.4, -0.2) is 47.0 Å². The highest BCUT2D eigenvalue weighted by Crippen LogP contribution is 2.26. The molecule has 3 aromatic rings. The number of ether oxygens (including phenoxy) is 1. The summed E-state index contributed by atoms with van der Waals surface area (Å²) in [4.78, 5) is 13.8. The second kappa shape index (κ2) is 8.96. The van der Waals surface area contributed by atoms with Gasteiger partial charge in [-0.25, -0.2) is 0 Å². The molecule has 3 rings (SSSR count). The number of hydrogen-bond acceptors (Lipinski definition) is 7. The van der Waals surface area contributed by atoms with Gasteiger partial charge in [-0.2, -0.15) is 0 Å². The highest BCUT2D eigenvalue weighted by atomic mass is 35.5. The van der Waals surface area contributed by atoms with Crippen molar-refractivity contribution in [3.8, 4) is 17.2 Å². The zero-order valence-electron chi connectivity index (χ0n) is 14.8. The van der Waals surface area contributed by atoms with Gasteiger partial charge in [-0.1, -0.05) is 23.4 Å². The Morgan fingerprint density at radius 3 is 2.74 bits per heavy atom. The molecule has 0 aliphatic heterocycles. The van der Waals surface area contributed by atoms with Crippen LogP contribution in [0.3, 0.4) is 0 Å². The minimum absolute atomic E-state index is 0.0565. The maximum absolute atomic E-state index is 12.2. The molecule has 0 spiro atoms. The van der Waals surface area contributed by atoms with E-state index in [1.807, 2.05) is 6.92 Å². The Kier molecular flexibility index (Phi) is 6.41. The number of aromatic nitrogens is 2. The lowest BCUT2D eigenvalue weighted by molar-refractivity contribution is -0.127. The molecular formula is C18H18ClN3O4S. The summed E-state index contributed by atoms with van der Waals surface area (Å²) in [6.07, 6.45) is 1.56. The van der Waals surface area contributed by atoms with Crippen molar-refractivity contribution in [3.63, 3.8) is 0 Å². The lowest BCUT2D eigenvalue weighted by Crippen LogP contribution is -2.32. The van der Waals surface area contributed by atoms with E-state index in [0.717, 1.165) is 5.56 Å². The first kappa shape index (κ1) is 19.3. The Hall–Kier alpha value is -2.45. The Morgan fingerprint density at radius 2 is 2.04 bits per heavy atom. The molecular weight excluding hydrogens is 390 g/mol. The number of rotatable bonds is 8. The Morgan fingerprint density at radius 1 is 1.26 bits per heavy atom. The van der Waals surface area contributed by atoms with E-state index in [9.17, 15) is 4.79 Å². The van der Waals surface area contributed by atoms with Gasteiger partial charge in [0.15, 0.2) is 0 Å². The number of nitrogens with zero attached hydrogens (tertiary/aromatic N) is 3. The van der Waals surface area contributed by atoms with E-state index in [4.69, 9.17) is 25.2 Å². The summed E-state index contributed by atoms with van der Waals surface area (Å²) < 4.78 is 16.4. The lowest BCUT2D eigenvalue weighted by Gasteiger charge is -2.16. The van der Waals surface area contributed by atoms with Gasteiger partial charge in [0.2, 0.25) is 5.91 Å². The highest BCUT2D eigenvalue weighted by molar-refractivity contribution is 7.99. The molecule has 2 heterocycles. The number of hydrogen-bond donors (Lipinski definition) is 0. The van der Waals surface area contributed by atoms with Crippen LogP contribution in [-0.2, 0) is 4.79 Å². The van der Waals surface area contributed by atoms with E-state index < -0.39 is 0 Å². The highest BCUT2D eigenvalue weighted by Gasteiger charge is 2.15. The first-order valence-corrected chi connectivity index (χ1v) is 9.52. The molecule has 27 heavy (non-hydrogen) atoms. The van der Waals surface area contributed by atoms with Crippen LogP contribution in [0.15, 0.2) is 50.7 Å². The summed E-state index contributed by atoms with van der Waals surface area (Å²) in [5.41, 5.74) is 0.747. The first-order valence-electron chi connectivity index (χ1n) is 8.16. The minimum atomic E-state index is -0.0565. The average molecular weight is 408 g/mol. The van der Waals surface area contributed by atoms with Crippen molar-refractivity contribution in [2.45, 2.75) is 12.1 Å². The molecule has 0 bridgehead atoms. The number of aryl methyl sites for hydroxylation is 1. The summed E-state index contributed by atoms with van der Waals surface area (Å²) in [7, 11) is 1.72. The zero-order valence-corrected chi connectivity index (χ0v) is 16.4. The first-order chi connectivity index (χ1) is 13.0. The minimum Gasteiger partial charge on any atom is -0.492 e. The van der Waals surface area contributed by atoms with E-state index in [1.54, 1.807) is 48.5 Å². The van der Waals surface area contributed by atoms with Gasteiger partial charge < -0.3 is 18.5 Å². The molecule has 0 aliphatic rings. The topological polar surface area (TPSA) is 81.6 Å². The monoisotopic (exact) mass is 407 g/mol. The number of thioether (sulfide) groups is 1. The average Bonchev–Trinajstić information content (AvgIpc) is 3.29. The molecule has 0 unspecified atom stereocenters. The molecule has 0 saturated heterocycles. The summed E-state index contributed by atoms with van der Waals surface area (Å²) in [5, 5.41) is 8.92. The number of halogens is 1. The quantitative estimate of drug-likeness (QED) is 0.523. The van der Waals surface area contributed by atoms with Gasteiger partial charge in [0.05, 0.1) is 24.1 Å². The van der Waals surface area contributed by atoms with Crippen molar-refractivity contribution in [2.75, 3.05) is 26.0 Å². The van der Waals surface area contributed by atoms with E-state index in [2.05, 4.69) is 10.2 Å².